The van der Waals surface area contributed by atoms with Gasteiger partial charge in [0.2, 0.25) is 0 Å². The van der Waals surface area contributed by atoms with Crippen molar-refractivity contribution in [1.82, 2.24) is 10.2 Å². The van der Waals surface area contributed by atoms with Crippen LogP contribution in [0, 0.1) is 40.4 Å². The molecule has 4 saturated carbocycles. The minimum Gasteiger partial charge on any atom is -0.393 e. The molecule has 4 aliphatic carbocycles. The number of carbonyl (C=O) groups is 1. The van der Waals surface area contributed by atoms with Crippen LogP contribution in [0.5, 0.6) is 0 Å². The summed E-state index contributed by atoms with van der Waals surface area (Å²) in [5.74, 6) is 3.46. The van der Waals surface area contributed by atoms with Gasteiger partial charge in [0.05, 0.1) is 11.8 Å². The van der Waals surface area contributed by atoms with E-state index in [0.29, 0.717) is 30.3 Å². The topological polar surface area (TPSA) is 74.2 Å². The summed E-state index contributed by atoms with van der Waals surface area (Å²) < 4.78 is 0. The third-order valence-electron chi connectivity index (χ3n) is 10.7. The van der Waals surface area contributed by atoms with Crippen molar-refractivity contribution in [2.75, 3.05) is 26.7 Å². The van der Waals surface area contributed by atoms with Gasteiger partial charge in [0.1, 0.15) is 0 Å². The number of fused-ring (bicyclic) bond motifs is 5. The van der Waals surface area contributed by atoms with Gasteiger partial charge in [-0.15, -0.1) is 0 Å². The number of oxime groups is 1. The van der Waals surface area contributed by atoms with Crippen molar-refractivity contribution in [2.45, 2.75) is 91.6 Å². The largest absolute Gasteiger partial charge is 0.436 e. The van der Waals surface area contributed by atoms with Crippen molar-refractivity contribution >= 4 is 11.8 Å². The molecule has 0 radical (unpaired) electrons. The maximum atomic E-state index is 12.5. The summed E-state index contributed by atoms with van der Waals surface area (Å²) >= 11 is 0. The van der Waals surface area contributed by atoms with E-state index in [2.05, 4.69) is 31.2 Å². The Balaban J connectivity index is 1.44. The molecule has 0 spiro atoms. The number of amides is 1. The molecular weight excluding hydrogens is 414 g/mol. The van der Waals surface area contributed by atoms with Gasteiger partial charge in [-0.1, -0.05) is 19.0 Å². The van der Waals surface area contributed by atoms with E-state index in [1.165, 1.54) is 38.5 Å². The predicted molar refractivity (Wildman–Crippen MR) is 132 cm³/mol. The van der Waals surface area contributed by atoms with E-state index in [0.717, 1.165) is 49.3 Å². The molecule has 33 heavy (non-hydrogen) atoms. The summed E-state index contributed by atoms with van der Waals surface area (Å²) in [7, 11) is 1.89. The van der Waals surface area contributed by atoms with Crippen LogP contribution in [0.2, 0.25) is 0 Å². The Bertz CT molecular complexity index is 742. The second-order valence-corrected chi connectivity index (χ2v) is 12.0. The monoisotopic (exact) mass is 461 g/mol. The van der Waals surface area contributed by atoms with E-state index in [1.807, 2.05) is 14.0 Å². The minimum absolute atomic E-state index is 0.0761. The van der Waals surface area contributed by atoms with E-state index in [9.17, 15) is 9.90 Å². The first-order chi connectivity index (χ1) is 15.7. The number of nitrogens with zero attached hydrogens (tertiary/aromatic N) is 2. The number of aliphatic hydroxyl groups is 1. The van der Waals surface area contributed by atoms with Crippen LogP contribution in [-0.2, 0) is 4.84 Å². The molecule has 6 heteroatoms. The molecule has 0 aliphatic heterocycles. The highest BCUT2D eigenvalue weighted by molar-refractivity contribution is 5.85. The zero-order chi connectivity index (χ0) is 23.8. The number of carbonyl (C=O) groups excluding carboxylic acids is 1. The Kier molecular flexibility index (Phi) is 7.45. The Morgan fingerprint density at radius 2 is 1.82 bits per heavy atom. The number of hydrogen-bond acceptors (Lipinski definition) is 5. The highest BCUT2D eigenvalue weighted by atomic mass is 16.7. The van der Waals surface area contributed by atoms with Crippen molar-refractivity contribution in [3.63, 3.8) is 0 Å². The molecule has 2 N–H and O–H groups in total. The van der Waals surface area contributed by atoms with Gasteiger partial charge in [0, 0.05) is 25.6 Å². The molecule has 8 atom stereocenters. The second-order valence-electron chi connectivity index (χ2n) is 12.0. The molecule has 0 aromatic carbocycles. The first-order valence-corrected chi connectivity index (χ1v) is 13.6. The molecule has 188 valence electrons. The molecule has 0 heterocycles. The standard InChI is InChI=1S/C27H47N3O3/c1-6-30(16-15-28-5)25(32)33-29-18(2)22-9-10-23-21-8-7-19-17-20(31)11-13-26(19,3)24(21)12-14-27(22,23)4/h19-24,28,31H,6-17H2,1-5H3/b29-18+/t19-,20-,21+,22-,23+,24+,26+,27-/m1/s1. The highest BCUT2D eigenvalue weighted by Crippen LogP contribution is 2.67. The summed E-state index contributed by atoms with van der Waals surface area (Å²) in [5.41, 5.74) is 1.67. The van der Waals surface area contributed by atoms with Crippen LogP contribution in [0.15, 0.2) is 5.16 Å². The van der Waals surface area contributed by atoms with Gasteiger partial charge in [0.15, 0.2) is 0 Å². The lowest BCUT2D eigenvalue weighted by Gasteiger charge is -2.61. The summed E-state index contributed by atoms with van der Waals surface area (Å²) in [6.07, 6.45) is 10.4. The Labute approximate surface area is 200 Å². The molecule has 0 aromatic heterocycles. The minimum atomic E-state index is -0.346. The van der Waals surface area contributed by atoms with Gasteiger partial charge in [-0.25, -0.2) is 4.79 Å². The number of rotatable bonds is 6. The van der Waals surface area contributed by atoms with Gasteiger partial charge in [-0.05, 0) is 113 Å². The van der Waals surface area contributed by atoms with Crippen LogP contribution in [0.25, 0.3) is 0 Å². The maximum Gasteiger partial charge on any atom is 0.436 e. The average Bonchev–Trinajstić information content (AvgIpc) is 3.15. The average molecular weight is 462 g/mol. The van der Waals surface area contributed by atoms with Crippen LogP contribution >= 0.6 is 0 Å². The van der Waals surface area contributed by atoms with Crippen LogP contribution in [0.3, 0.4) is 0 Å². The SMILES string of the molecule is CCN(CCNC)C(=O)O/N=C(\C)[C@H]1CC[C@H]2[C@@H]3CC[C@@H]4C[C@H](O)CC[C@]4(C)[C@H]3CC[C@]12C. The Hall–Kier alpha value is -1.14. The molecular formula is C27H47N3O3. The van der Waals surface area contributed by atoms with Crippen molar-refractivity contribution in [2.24, 2.45) is 45.6 Å². The summed E-state index contributed by atoms with van der Waals surface area (Å²) in [6, 6.07) is 0. The van der Waals surface area contributed by atoms with Crippen LogP contribution < -0.4 is 5.32 Å². The smallest absolute Gasteiger partial charge is 0.393 e. The third-order valence-corrected chi connectivity index (χ3v) is 10.7. The number of nitrogens with one attached hydrogen (secondary N) is 1. The van der Waals surface area contributed by atoms with Gasteiger partial charge in [-0.3, -0.25) is 4.84 Å². The second kappa shape index (κ2) is 9.85. The number of aliphatic hydroxyl groups excluding tert-OH is 1. The van der Waals surface area contributed by atoms with Gasteiger partial charge < -0.3 is 15.3 Å². The quantitative estimate of drug-likeness (QED) is 0.329. The van der Waals surface area contributed by atoms with E-state index in [-0.39, 0.29) is 17.6 Å². The fourth-order valence-electron chi connectivity index (χ4n) is 8.78. The zero-order valence-electron chi connectivity index (χ0n) is 21.6. The normalized spacial score (nSPS) is 42.8. The number of hydrogen-bond donors (Lipinski definition) is 2. The molecule has 4 aliphatic rings. The van der Waals surface area contributed by atoms with E-state index in [1.54, 1.807) is 4.90 Å². The van der Waals surface area contributed by atoms with Crippen LogP contribution in [0.1, 0.15) is 85.5 Å². The first-order valence-electron chi connectivity index (χ1n) is 13.6. The molecule has 0 unspecified atom stereocenters. The first kappa shape index (κ1) is 25.0. The fourth-order valence-corrected chi connectivity index (χ4v) is 8.78. The molecule has 0 bridgehead atoms. The van der Waals surface area contributed by atoms with E-state index in [4.69, 9.17) is 4.84 Å². The lowest BCUT2D eigenvalue weighted by molar-refractivity contribution is -0.123. The highest BCUT2D eigenvalue weighted by Gasteiger charge is 2.60. The Morgan fingerprint density at radius 1 is 1.09 bits per heavy atom. The van der Waals surface area contributed by atoms with Gasteiger partial charge >= 0.3 is 6.09 Å². The van der Waals surface area contributed by atoms with E-state index >= 15 is 0 Å². The molecule has 4 rings (SSSR count). The lowest BCUT2D eigenvalue weighted by atomic mass is 9.44. The Morgan fingerprint density at radius 3 is 2.55 bits per heavy atom. The summed E-state index contributed by atoms with van der Waals surface area (Å²) in [5, 5.41) is 17.7. The van der Waals surface area contributed by atoms with Crippen molar-refractivity contribution < 1.29 is 14.7 Å². The predicted octanol–water partition coefficient (Wildman–Crippen LogP) is 5.06. The number of likely N-dealkylation sites (N-methyl/N-ethyl adjacent to an activating group) is 2. The van der Waals surface area contributed by atoms with Crippen molar-refractivity contribution in [3.05, 3.63) is 0 Å². The van der Waals surface area contributed by atoms with Crippen molar-refractivity contribution in [3.8, 4) is 0 Å². The summed E-state index contributed by atoms with van der Waals surface area (Å²) in [4.78, 5) is 19.6. The van der Waals surface area contributed by atoms with Gasteiger partial charge in [0.25, 0.3) is 0 Å². The molecule has 0 saturated heterocycles. The molecule has 0 aromatic rings. The van der Waals surface area contributed by atoms with Crippen molar-refractivity contribution in [1.29, 1.82) is 0 Å². The lowest BCUT2D eigenvalue weighted by Crippen LogP contribution is -2.54. The van der Waals surface area contributed by atoms with Crippen LogP contribution in [-0.4, -0.2) is 54.6 Å². The maximum absolute atomic E-state index is 12.5. The fraction of sp³-hybridized carbons (Fsp3) is 0.926. The molecule has 4 fully saturated rings. The molecule has 6 nitrogen and oxygen atoms in total. The zero-order valence-corrected chi connectivity index (χ0v) is 21.6. The van der Waals surface area contributed by atoms with E-state index < -0.39 is 0 Å². The molecule has 1 amide bonds. The third kappa shape index (κ3) is 4.47. The summed E-state index contributed by atoms with van der Waals surface area (Å²) in [6.45, 7) is 11.1. The van der Waals surface area contributed by atoms with Gasteiger partial charge in [-0.2, -0.15) is 0 Å². The van der Waals surface area contributed by atoms with Crippen LogP contribution in [0.4, 0.5) is 4.79 Å².